The highest BCUT2D eigenvalue weighted by Gasteiger charge is 2.25. The Hall–Kier alpha value is -0.820. The van der Waals surface area contributed by atoms with Crippen molar-refractivity contribution in [3.63, 3.8) is 0 Å². The Morgan fingerprint density at radius 3 is 2.28 bits per heavy atom. The van der Waals surface area contributed by atoms with Gasteiger partial charge in [0.05, 0.1) is 0 Å². The van der Waals surface area contributed by atoms with Gasteiger partial charge in [-0.25, -0.2) is 0 Å². The van der Waals surface area contributed by atoms with Crippen LogP contribution >= 0.6 is 0 Å². The van der Waals surface area contributed by atoms with Crippen molar-refractivity contribution in [2.45, 2.75) is 46.0 Å². The molecule has 1 nitrogen and oxygen atoms in total. The molecule has 1 N–H and O–H groups in total. The van der Waals surface area contributed by atoms with Crippen molar-refractivity contribution in [3.05, 3.63) is 34.9 Å². The number of aryl methyl sites for hydroxylation is 2. The molecular formula is C17H27N. The van der Waals surface area contributed by atoms with Gasteiger partial charge in [0, 0.05) is 0 Å². The molecule has 2 unspecified atom stereocenters. The van der Waals surface area contributed by atoms with E-state index in [1.54, 1.807) is 5.56 Å². The second kappa shape index (κ2) is 6.38. The van der Waals surface area contributed by atoms with Crippen molar-refractivity contribution in [1.29, 1.82) is 0 Å². The van der Waals surface area contributed by atoms with Gasteiger partial charge < -0.3 is 5.32 Å². The highest BCUT2D eigenvalue weighted by atomic mass is 14.8. The third-order valence-corrected chi connectivity index (χ3v) is 4.64. The summed E-state index contributed by atoms with van der Waals surface area (Å²) in [4.78, 5) is 0. The Labute approximate surface area is 112 Å². The van der Waals surface area contributed by atoms with E-state index in [1.807, 2.05) is 0 Å². The maximum absolute atomic E-state index is 3.38. The van der Waals surface area contributed by atoms with Crippen LogP contribution in [0.4, 0.5) is 0 Å². The van der Waals surface area contributed by atoms with Gasteiger partial charge in [0.2, 0.25) is 0 Å². The van der Waals surface area contributed by atoms with Crippen LogP contribution in [0.15, 0.2) is 18.2 Å². The summed E-state index contributed by atoms with van der Waals surface area (Å²) in [5.41, 5.74) is 4.55. The van der Waals surface area contributed by atoms with Crippen molar-refractivity contribution in [3.8, 4) is 0 Å². The Morgan fingerprint density at radius 1 is 1.06 bits per heavy atom. The summed E-state index contributed by atoms with van der Waals surface area (Å²) >= 11 is 0. The average Bonchev–Trinajstić information content (AvgIpc) is 2.36. The number of hydrogen-bond acceptors (Lipinski definition) is 1. The average molecular weight is 245 g/mol. The van der Waals surface area contributed by atoms with E-state index in [0.717, 1.165) is 11.8 Å². The fraction of sp³-hybridized carbons (Fsp3) is 0.647. The Balaban J connectivity index is 2.11. The van der Waals surface area contributed by atoms with Crippen LogP contribution in [-0.4, -0.2) is 13.6 Å². The van der Waals surface area contributed by atoms with Crippen LogP contribution < -0.4 is 5.32 Å². The summed E-state index contributed by atoms with van der Waals surface area (Å²) in [6.07, 6.45) is 6.97. The molecule has 1 heteroatoms. The Bertz CT molecular complexity index is 361. The Kier molecular flexibility index (Phi) is 4.82. The van der Waals surface area contributed by atoms with Crippen LogP contribution in [0.1, 0.15) is 42.4 Å². The Morgan fingerprint density at radius 2 is 1.67 bits per heavy atom. The summed E-state index contributed by atoms with van der Waals surface area (Å²) in [6, 6.07) is 6.70. The first-order valence-corrected chi connectivity index (χ1v) is 7.42. The summed E-state index contributed by atoms with van der Waals surface area (Å²) in [7, 11) is 2.09. The van der Waals surface area contributed by atoms with E-state index in [1.165, 1.54) is 49.8 Å². The first-order valence-electron chi connectivity index (χ1n) is 7.42. The molecule has 2 rings (SSSR count). The van der Waals surface area contributed by atoms with Crippen molar-refractivity contribution < 1.29 is 0 Å². The molecule has 18 heavy (non-hydrogen) atoms. The summed E-state index contributed by atoms with van der Waals surface area (Å²) in [6.45, 7) is 5.71. The summed E-state index contributed by atoms with van der Waals surface area (Å²) in [5, 5.41) is 3.38. The smallest absolute Gasteiger partial charge is 0.00208 e. The van der Waals surface area contributed by atoms with E-state index in [9.17, 15) is 0 Å². The number of rotatable bonds is 4. The van der Waals surface area contributed by atoms with Crippen LogP contribution in [0.2, 0.25) is 0 Å². The molecule has 0 heterocycles. The first kappa shape index (κ1) is 13.6. The highest BCUT2D eigenvalue weighted by molar-refractivity contribution is 5.33. The molecule has 0 aliphatic heterocycles. The fourth-order valence-electron chi connectivity index (χ4n) is 3.52. The number of benzene rings is 1. The number of nitrogens with one attached hydrogen (secondary N) is 1. The maximum Gasteiger partial charge on any atom is -0.00208 e. The van der Waals surface area contributed by atoms with Crippen molar-refractivity contribution in [1.82, 2.24) is 5.32 Å². The quantitative estimate of drug-likeness (QED) is 0.849. The van der Waals surface area contributed by atoms with E-state index >= 15 is 0 Å². The number of hydrogen-bond donors (Lipinski definition) is 1. The molecule has 1 aliphatic carbocycles. The lowest BCUT2D eigenvalue weighted by atomic mass is 9.75. The molecule has 1 fully saturated rings. The van der Waals surface area contributed by atoms with Gasteiger partial charge in [-0.3, -0.25) is 0 Å². The normalized spacial score (nSPS) is 24.2. The highest BCUT2D eigenvalue weighted by Crippen LogP contribution is 2.33. The largest absolute Gasteiger partial charge is 0.319 e. The molecular weight excluding hydrogens is 218 g/mol. The van der Waals surface area contributed by atoms with Crippen LogP contribution in [0, 0.1) is 25.7 Å². The van der Waals surface area contributed by atoms with Gasteiger partial charge in [-0.1, -0.05) is 31.0 Å². The van der Waals surface area contributed by atoms with E-state index in [0.29, 0.717) is 0 Å². The third kappa shape index (κ3) is 3.14. The van der Waals surface area contributed by atoms with Crippen molar-refractivity contribution >= 4 is 0 Å². The minimum atomic E-state index is 0.878. The third-order valence-electron chi connectivity index (χ3n) is 4.64. The standard InChI is InChI=1S/C17H27N/c1-13-7-6-8-14(2)17(13)11-15-9-4-5-10-16(15)12-18-3/h6-8,15-16,18H,4-5,9-12H2,1-3H3. The topological polar surface area (TPSA) is 12.0 Å². The molecule has 1 aromatic carbocycles. The molecule has 0 spiro atoms. The van der Waals surface area contributed by atoms with Crippen LogP contribution in [-0.2, 0) is 6.42 Å². The molecule has 0 aromatic heterocycles. The monoisotopic (exact) mass is 245 g/mol. The lowest BCUT2D eigenvalue weighted by molar-refractivity contribution is 0.232. The van der Waals surface area contributed by atoms with Crippen LogP contribution in [0.5, 0.6) is 0 Å². The van der Waals surface area contributed by atoms with Crippen LogP contribution in [0.3, 0.4) is 0 Å². The lowest BCUT2D eigenvalue weighted by Gasteiger charge is -2.32. The van der Waals surface area contributed by atoms with Gasteiger partial charge in [0.1, 0.15) is 0 Å². The molecule has 1 aliphatic rings. The molecule has 0 saturated heterocycles. The lowest BCUT2D eigenvalue weighted by Crippen LogP contribution is -2.30. The first-order chi connectivity index (χ1) is 8.72. The second-order valence-corrected chi connectivity index (χ2v) is 5.94. The van der Waals surface area contributed by atoms with Crippen LogP contribution in [0.25, 0.3) is 0 Å². The van der Waals surface area contributed by atoms with Gasteiger partial charge >= 0.3 is 0 Å². The molecule has 0 amide bonds. The molecule has 100 valence electrons. The zero-order valence-electron chi connectivity index (χ0n) is 12.1. The predicted octanol–water partition coefficient (Wildman–Crippen LogP) is 3.87. The zero-order valence-corrected chi connectivity index (χ0v) is 12.1. The van der Waals surface area contributed by atoms with Gasteiger partial charge in [-0.15, -0.1) is 0 Å². The zero-order chi connectivity index (χ0) is 13.0. The maximum atomic E-state index is 3.38. The summed E-state index contributed by atoms with van der Waals surface area (Å²) < 4.78 is 0. The van der Waals surface area contributed by atoms with Gasteiger partial charge in [-0.2, -0.15) is 0 Å². The summed E-state index contributed by atoms with van der Waals surface area (Å²) in [5.74, 6) is 1.76. The predicted molar refractivity (Wildman–Crippen MR) is 79.0 cm³/mol. The van der Waals surface area contributed by atoms with Crippen molar-refractivity contribution in [2.24, 2.45) is 11.8 Å². The van der Waals surface area contributed by atoms with E-state index in [-0.39, 0.29) is 0 Å². The van der Waals surface area contributed by atoms with Crippen molar-refractivity contribution in [2.75, 3.05) is 13.6 Å². The molecule has 0 radical (unpaired) electrons. The van der Waals surface area contributed by atoms with Gasteiger partial charge in [-0.05, 0) is 75.2 Å². The fourth-order valence-corrected chi connectivity index (χ4v) is 3.52. The van der Waals surface area contributed by atoms with E-state index < -0.39 is 0 Å². The minimum Gasteiger partial charge on any atom is -0.319 e. The van der Waals surface area contributed by atoms with E-state index in [4.69, 9.17) is 0 Å². The SMILES string of the molecule is CNCC1CCCCC1Cc1c(C)cccc1C. The van der Waals surface area contributed by atoms with Gasteiger partial charge in [0.15, 0.2) is 0 Å². The second-order valence-electron chi connectivity index (χ2n) is 5.94. The molecule has 1 saturated carbocycles. The minimum absolute atomic E-state index is 0.878. The molecule has 0 bridgehead atoms. The van der Waals surface area contributed by atoms with Gasteiger partial charge in [0.25, 0.3) is 0 Å². The molecule has 2 atom stereocenters. The molecule has 1 aromatic rings. The van der Waals surface area contributed by atoms with E-state index in [2.05, 4.69) is 44.4 Å².